The molecular formula is C25H26O2S. The molecule has 3 aromatic carbocycles. The van der Waals surface area contributed by atoms with Crippen molar-refractivity contribution in [3.8, 4) is 0 Å². The molecule has 1 N–H and O–H groups in total. The molecule has 1 aromatic heterocycles. The molecule has 0 saturated carbocycles. The van der Waals surface area contributed by atoms with Crippen LogP contribution >= 0.6 is 11.3 Å². The van der Waals surface area contributed by atoms with Crippen LogP contribution in [0.25, 0.3) is 21.5 Å². The number of carboxylic acid groups (broad SMARTS) is 1. The molecule has 0 radical (unpaired) electrons. The lowest BCUT2D eigenvalue weighted by Crippen LogP contribution is -2.02. The summed E-state index contributed by atoms with van der Waals surface area (Å²) in [5.41, 5.74) is 3.17. The van der Waals surface area contributed by atoms with Crippen LogP contribution in [0.15, 0.2) is 66.0 Å². The topological polar surface area (TPSA) is 37.3 Å². The van der Waals surface area contributed by atoms with E-state index >= 15 is 0 Å². The zero-order valence-electron chi connectivity index (χ0n) is 16.4. The molecule has 28 heavy (non-hydrogen) atoms. The van der Waals surface area contributed by atoms with Gasteiger partial charge < -0.3 is 5.11 Å². The third-order valence-electron chi connectivity index (χ3n) is 4.92. The number of hydrogen-bond acceptors (Lipinski definition) is 2. The highest BCUT2D eigenvalue weighted by molar-refractivity contribution is 7.09. The third kappa shape index (κ3) is 4.99. The van der Waals surface area contributed by atoms with Gasteiger partial charge in [0.05, 0.1) is 0 Å². The molecule has 0 bridgehead atoms. The van der Waals surface area contributed by atoms with Gasteiger partial charge in [0.25, 0.3) is 5.97 Å². The SMILES string of the molecule is CC(=O)O.Cc1cccs1.c1ccc2c(c1)ccc1c3c(ccc12)CCCC3. The van der Waals surface area contributed by atoms with Crippen molar-refractivity contribution in [3.05, 3.63) is 82.0 Å². The Morgan fingerprint density at radius 3 is 2.25 bits per heavy atom. The first kappa shape index (κ1) is 20.1. The highest BCUT2D eigenvalue weighted by Gasteiger charge is 2.13. The van der Waals surface area contributed by atoms with Gasteiger partial charge in [-0.1, -0.05) is 54.6 Å². The highest BCUT2D eigenvalue weighted by Crippen LogP contribution is 2.33. The van der Waals surface area contributed by atoms with E-state index in [2.05, 4.69) is 73.0 Å². The van der Waals surface area contributed by atoms with Gasteiger partial charge in [0, 0.05) is 11.8 Å². The Balaban J connectivity index is 0.000000187. The summed E-state index contributed by atoms with van der Waals surface area (Å²) in [4.78, 5) is 10.4. The van der Waals surface area contributed by atoms with Crippen molar-refractivity contribution in [1.29, 1.82) is 0 Å². The largest absolute Gasteiger partial charge is 0.481 e. The minimum atomic E-state index is -0.833. The van der Waals surface area contributed by atoms with Gasteiger partial charge in [0.1, 0.15) is 0 Å². The molecule has 3 heteroatoms. The van der Waals surface area contributed by atoms with Crippen molar-refractivity contribution >= 4 is 38.9 Å². The van der Waals surface area contributed by atoms with Gasteiger partial charge in [-0.2, -0.15) is 0 Å². The predicted octanol–water partition coefficient (Wildman–Crippen LogP) is 7.02. The molecule has 0 spiro atoms. The lowest BCUT2D eigenvalue weighted by Gasteiger charge is -2.18. The second-order valence-electron chi connectivity index (χ2n) is 7.03. The number of fused-ring (bicyclic) bond motifs is 5. The fourth-order valence-electron chi connectivity index (χ4n) is 3.70. The smallest absolute Gasteiger partial charge is 0.300 e. The fourth-order valence-corrected chi connectivity index (χ4v) is 4.23. The van der Waals surface area contributed by atoms with E-state index in [0.29, 0.717) is 0 Å². The van der Waals surface area contributed by atoms with Crippen LogP contribution in [0.1, 0.15) is 35.8 Å². The van der Waals surface area contributed by atoms with Crippen molar-refractivity contribution in [3.63, 3.8) is 0 Å². The van der Waals surface area contributed by atoms with Gasteiger partial charge in [-0.15, -0.1) is 11.3 Å². The summed E-state index contributed by atoms with van der Waals surface area (Å²) < 4.78 is 0. The van der Waals surface area contributed by atoms with Gasteiger partial charge in [0.15, 0.2) is 0 Å². The number of carboxylic acids is 1. The predicted molar refractivity (Wildman–Crippen MR) is 120 cm³/mol. The van der Waals surface area contributed by atoms with Crippen LogP contribution in [-0.4, -0.2) is 11.1 Å². The van der Waals surface area contributed by atoms with E-state index in [-0.39, 0.29) is 0 Å². The Labute approximate surface area is 170 Å². The van der Waals surface area contributed by atoms with Crippen LogP contribution in [-0.2, 0) is 17.6 Å². The van der Waals surface area contributed by atoms with Crippen LogP contribution in [0.3, 0.4) is 0 Å². The maximum Gasteiger partial charge on any atom is 0.300 e. The first-order valence-corrected chi connectivity index (χ1v) is 10.6. The molecule has 0 aliphatic heterocycles. The summed E-state index contributed by atoms with van der Waals surface area (Å²) >= 11 is 1.78. The molecule has 0 atom stereocenters. The van der Waals surface area contributed by atoms with Gasteiger partial charge in [-0.25, -0.2) is 0 Å². The number of benzene rings is 3. The van der Waals surface area contributed by atoms with E-state index in [1.165, 1.54) is 52.1 Å². The quantitative estimate of drug-likeness (QED) is 0.328. The summed E-state index contributed by atoms with van der Waals surface area (Å²) in [5, 5.41) is 15.1. The zero-order valence-corrected chi connectivity index (χ0v) is 17.3. The molecule has 0 fully saturated rings. The standard InChI is InChI=1S/C18H16.C5H6S.C2H4O2/c1-3-7-15-13(5-1)9-11-18-16-8-4-2-6-14(16)10-12-17(15)18;1-5-3-2-4-6-5;1-2(3)4/h1,3,5,7,9-12H,2,4,6,8H2;2-4H,1H3;1H3,(H,3,4). The second-order valence-corrected chi connectivity index (χ2v) is 8.19. The molecule has 1 aliphatic rings. The van der Waals surface area contributed by atoms with E-state index in [0.717, 1.165) is 6.92 Å². The van der Waals surface area contributed by atoms with E-state index in [1.54, 1.807) is 22.5 Å². The number of hydrogen-bond donors (Lipinski definition) is 1. The second kappa shape index (κ2) is 9.52. The summed E-state index contributed by atoms with van der Waals surface area (Å²) in [6, 6.07) is 22.1. The summed E-state index contributed by atoms with van der Waals surface area (Å²) in [6.45, 7) is 3.19. The number of aliphatic carboxylic acids is 1. The minimum absolute atomic E-state index is 0.833. The summed E-state index contributed by atoms with van der Waals surface area (Å²) in [7, 11) is 0. The first-order chi connectivity index (χ1) is 13.6. The molecule has 1 aliphatic carbocycles. The molecular weight excluding hydrogens is 364 g/mol. The normalized spacial score (nSPS) is 12.4. The van der Waals surface area contributed by atoms with E-state index in [1.807, 2.05) is 0 Å². The Morgan fingerprint density at radius 1 is 0.857 bits per heavy atom. The molecule has 1 heterocycles. The number of thiophene rings is 1. The number of aryl methyl sites for hydroxylation is 3. The average Bonchev–Trinajstić information content (AvgIpc) is 3.18. The van der Waals surface area contributed by atoms with Crippen LogP contribution in [0, 0.1) is 6.92 Å². The molecule has 2 nitrogen and oxygen atoms in total. The third-order valence-corrected chi connectivity index (χ3v) is 5.72. The maximum atomic E-state index is 9.00. The number of carbonyl (C=O) groups is 1. The lowest BCUT2D eigenvalue weighted by molar-refractivity contribution is -0.134. The number of rotatable bonds is 0. The van der Waals surface area contributed by atoms with Crippen LogP contribution in [0.2, 0.25) is 0 Å². The van der Waals surface area contributed by atoms with Gasteiger partial charge in [-0.05, 0) is 76.7 Å². The summed E-state index contributed by atoms with van der Waals surface area (Å²) in [6.07, 6.45) is 5.22. The van der Waals surface area contributed by atoms with Crippen molar-refractivity contribution < 1.29 is 9.90 Å². The van der Waals surface area contributed by atoms with Crippen LogP contribution in [0.4, 0.5) is 0 Å². The highest BCUT2D eigenvalue weighted by atomic mass is 32.1. The average molecular weight is 391 g/mol. The molecule has 4 aromatic rings. The van der Waals surface area contributed by atoms with E-state index < -0.39 is 5.97 Å². The molecule has 0 saturated heterocycles. The van der Waals surface area contributed by atoms with Gasteiger partial charge in [0.2, 0.25) is 0 Å². The monoisotopic (exact) mass is 390 g/mol. The van der Waals surface area contributed by atoms with Crippen molar-refractivity contribution in [1.82, 2.24) is 0 Å². The van der Waals surface area contributed by atoms with E-state index in [9.17, 15) is 0 Å². The Hall–Kier alpha value is -2.65. The zero-order chi connectivity index (χ0) is 19.9. The van der Waals surface area contributed by atoms with Crippen LogP contribution < -0.4 is 0 Å². The Bertz CT molecular complexity index is 1060. The van der Waals surface area contributed by atoms with Gasteiger partial charge >= 0.3 is 0 Å². The van der Waals surface area contributed by atoms with E-state index in [4.69, 9.17) is 9.90 Å². The molecule has 144 valence electrons. The first-order valence-electron chi connectivity index (χ1n) is 9.68. The molecule has 0 unspecified atom stereocenters. The lowest BCUT2D eigenvalue weighted by atomic mass is 9.86. The van der Waals surface area contributed by atoms with Crippen LogP contribution in [0.5, 0.6) is 0 Å². The molecule has 5 rings (SSSR count). The molecule has 0 amide bonds. The fraction of sp³-hybridized carbons (Fsp3) is 0.240. The van der Waals surface area contributed by atoms with Gasteiger partial charge in [-0.3, -0.25) is 4.79 Å². The van der Waals surface area contributed by atoms with Crippen molar-refractivity contribution in [2.45, 2.75) is 39.5 Å². The Kier molecular flexibility index (Phi) is 6.83. The summed E-state index contributed by atoms with van der Waals surface area (Å²) in [5.74, 6) is -0.833. The van der Waals surface area contributed by atoms with Crippen molar-refractivity contribution in [2.24, 2.45) is 0 Å². The Morgan fingerprint density at radius 2 is 1.57 bits per heavy atom. The van der Waals surface area contributed by atoms with Crippen molar-refractivity contribution in [2.75, 3.05) is 0 Å². The minimum Gasteiger partial charge on any atom is -0.481 e. The maximum absolute atomic E-state index is 9.00.